The van der Waals surface area contributed by atoms with Crippen LogP contribution in [0, 0.1) is 5.92 Å². The molecule has 3 nitrogen and oxygen atoms in total. The van der Waals surface area contributed by atoms with Crippen LogP contribution in [0.1, 0.15) is 6.92 Å². The van der Waals surface area contributed by atoms with Gasteiger partial charge < -0.3 is 10.6 Å². The Morgan fingerprint density at radius 2 is 2.46 bits per heavy atom. The lowest BCUT2D eigenvalue weighted by Crippen LogP contribution is -2.28. The Morgan fingerprint density at radius 3 is 3.00 bits per heavy atom. The number of amides is 1. The molecule has 13 heavy (non-hydrogen) atoms. The molecule has 1 amide bonds. The predicted molar refractivity (Wildman–Crippen MR) is 56.0 cm³/mol. The van der Waals surface area contributed by atoms with Crippen LogP contribution in [-0.4, -0.2) is 19.5 Å². The maximum Gasteiger partial charge on any atom is 0.228 e. The number of carbonyl (C=O) groups excluding carboxylic acids is 1. The number of thiophene rings is 1. The summed E-state index contributed by atoms with van der Waals surface area (Å²) in [4.78, 5) is 11.5. The molecule has 0 spiro atoms. The Balaban J connectivity index is 2.41. The van der Waals surface area contributed by atoms with Crippen LogP contribution in [0.5, 0.6) is 0 Å². The third-order valence-corrected chi connectivity index (χ3v) is 2.43. The van der Waals surface area contributed by atoms with Crippen LogP contribution >= 0.6 is 11.3 Å². The summed E-state index contributed by atoms with van der Waals surface area (Å²) in [7, 11) is 1.84. The molecular weight excluding hydrogens is 184 g/mol. The van der Waals surface area contributed by atoms with Gasteiger partial charge in [-0.05, 0) is 18.5 Å². The second-order valence-electron chi connectivity index (χ2n) is 2.96. The number of nitrogens with one attached hydrogen (secondary N) is 2. The number of rotatable bonds is 4. The van der Waals surface area contributed by atoms with Crippen molar-refractivity contribution in [2.24, 2.45) is 5.92 Å². The molecule has 1 rings (SSSR count). The molecule has 1 heterocycles. The minimum absolute atomic E-state index is 0.00454. The van der Waals surface area contributed by atoms with E-state index in [1.165, 1.54) is 0 Å². The molecule has 0 aliphatic heterocycles. The molecule has 1 aromatic heterocycles. The standard InChI is InChI=1S/C9H14N2OS/c1-7(5-10-2)9(12)11-8-3-4-13-6-8/h3-4,6-7,10H,5H2,1-2H3,(H,11,12). The fourth-order valence-corrected chi connectivity index (χ4v) is 1.59. The average molecular weight is 198 g/mol. The third-order valence-electron chi connectivity index (χ3n) is 1.75. The lowest BCUT2D eigenvalue weighted by Gasteiger charge is -2.09. The first kappa shape index (κ1) is 10.2. The van der Waals surface area contributed by atoms with Crippen molar-refractivity contribution in [2.45, 2.75) is 6.92 Å². The van der Waals surface area contributed by atoms with E-state index in [1.54, 1.807) is 11.3 Å². The fraction of sp³-hybridized carbons (Fsp3) is 0.444. The summed E-state index contributed by atoms with van der Waals surface area (Å²) in [5.74, 6) is 0.0673. The molecule has 0 saturated heterocycles. The zero-order valence-electron chi connectivity index (χ0n) is 7.83. The summed E-state index contributed by atoms with van der Waals surface area (Å²) in [5.41, 5.74) is 0.887. The zero-order valence-corrected chi connectivity index (χ0v) is 8.65. The summed E-state index contributed by atoms with van der Waals surface area (Å²) < 4.78 is 0. The van der Waals surface area contributed by atoms with Crippen LogP contribution in [0.25, 0.3) is 0 Å². The highest BCUT2D eigenvalue weighted by Crippen LogP contribution is 2.12. The quantitative estimate of drug-likeness (QED) is 0.770. The molecule has 0 radical (unpaired) electrons. The highest BCUT2D eigenvalue weighted by molar-refractivity contribution is 7.08. The SMILES string of the molecule is CNCC(C)C(=O)Nc1ccsc1. The highest BCUT2D eigenvalue weighted by Gasteiger charge is 2.11. The van der Waals surface area contributed by atoms with Crippen LogP contribution in [0.3, 0.4) is 0 Å². The molecule has 2 N–H and O–H groups in total. The second kappa shape index (κ2) is 4.99. The zero-order chi connectivity index (χ0) is 9.68. The van der Waals surface area contributed by atoms with Gasteiger partial charge in [0.15, 0.2) is 0 Å². The molecule has 1 unspecified atom stereocenters. The van der Waals surface area contributed by atoms with Gasteiger partial charge in [0.05, 0.1) is 5.69 Å². The Hall–Kier alpha value is -0.870. The van der Waals surface area contributed by atoms with Gasteiger partial charge in [-0.3, -0.25) is 4.79 Å². The van der Waals surface area contributed by atoms with Crippen molar-refractivity contribution in [3.05, 3.63) is 16.8 Å². The number of hydrogen-bond acceptors (Lipinski definition) is 3. The Kier molecular flexibility index (Phi) is 3.92. The number of anilines is 1. The molecule has 0 aliphatic rings. The van der Waals surface area contributed by atoms with Gasteiger partial charge in [0.1, 0.15) is 0 Å². The van der Waals surface area contributed by atoms with Gasteiger partial charge in [-0.2, -0.15) is 11.3 Å². The molecule has 0 fully saturated rings. The summed E-state index contributed by atoms with van der Waals surface area (Å²) in [6.45, 7) is 2.61. The maximum atomic E-state index is 11.5. The van der Waals surface area contributed by atoms with Gasteiger partial charge >= 0.3 is 0 Å². The van der Waals surface area contributed by atoms with E-state index in [4.69, 9.17) is 0 Å². The third kappa shape index (κ3) is 3.16. The summed E-state index contributed by atoms with van der Waals surface area (Å²) in [6, 6.07) is 1.90. The van der Waals surface area contributed by atoms with Crippen molar-refractivity contribution >= 4 is 22.9 Å². The van der Waals surface area contributed by atoms with Crippen molar-refractivity contribution in [3.63, 3.8) is 0 Å². The summed E-state index contributed by atoms with van der Waals surface area (Å²) >= 11 is 1.58. The van der Waals surface area contributed by atoms with Gasteiger partial charge in [0, 0.05) is 17.8 Å². The van der Waals surface area contributed by atoms with E-state index in [-0.39, 0.29) is 11.8 Å². The highest BCUT2D eigenvalue weighted by atomic mass is 32.1. The van der Waals surface area contributed by atoms with Gasteiger partial charge in [-0.1, -0.05) is 6.92 Å². The average Bonchev–Trinajstić information content (AvgIpc) is 2.57. The largest absolute Gasteiger partial charge is 0.325 e. The first-order valence-corrected chi connectivity index (χ1v) is 5.16. The van der Waals surface area contributed by atoms with E-state index >= 15 is 0 Å². The minimum atomic E-state index is 0.00454. The van der Waals surface area contributed by atoms with Gasteiger partial charge in [-0.25, -0.2) is 0 Å². The number of carbonyl (C=O) groups is 1. The second-order valence-corrected chi connectivity index (χ2v) is 3.74. The van der Waals surface area contributed by atoms with E-state index in [2.05, 4.69) is 10.6 Å². The molecule has 1 aromatic rings. The Bertz CT molecular complexity index is 259. The van der Waals surface area contributed by atoms with Crippen molar-refractivity contribution in [1.82, 2.24) is 5.32 Å². The lowest BCUT2D eigenvalue weighted by molar-refractivity contribution is -0.119. The van der Waals surface area contributed by atoms with Crippen LogP contribution in [0.2, 0.25) is 0 Å². The molecular formula is C9H14N2OS. The minimum Gasteiger partial charge on any atom is -0.325 e. The van der Waals surface area contributed by atoms with E-state index in [0.717, 1.165) is 5.69 Å². The van der Waals surface area contributed by atoms with E-state index in [0.29, 0.717) is 6.54 Å². The molecule has 72 valence electrons. The first-order chi connectivity index (χ1) is 6.24. The molecule has 4 heteroatoms. The maximum absolute atomic E-state index is 11.5. The van der Waals surface area contributed by atoms with Crippen LogP contribution in [0.4, 0.5) is 5.69 Å². The van der Waals surface area contributed by atoms with Gasteiger partial charge in [0.25, 0.3) is 0 Å². The monoisotopic (exact) mass is 198 g/mol. The van der Waals surface area contributed by atoms with E-state index in [9.17, 15) is 4.79 Å². The summed E-state index contributed by atoms with van der Waals surface area (Å²) in [6.07, 6.45) is 0. The fourth-order valence-electron chi connectivity index (χ4n) is 1.000. The van der Waals surface area contributed by atoms with E-state index in [1.807, 2.05) is 30.8 Å². The van der Waals surface area contributed by atoms with E-state index < -0.39 is 0 Å². The topological polar surface area (TPSA) is 41.1 Å². The molecule has 0 aromatic carbocycles. The first-order valence-electron chi connectivity index (χ1n) is 4.21. The molecule has 1 atom stereocenters. The number of hydrogen-bond donors (Lipinski definition) is 2. The van der Waals surface area contributed by atoms with Crippen molar-refractivity contribution < 1.29 is 4.79 Å². The Morgan fingerprint density at radius 1 is 1.69 bits per heavy atom. The molecule has 0 saturated carbocycles. The van der Waals surface area contributed by atoms with Crippen molar-refractivity contribution in [1.29, 1.82) is 0 Å². The van der Waals surface area contributed by atoms with Crippen LogP contribution in [0.15, 0.2) is 16.8 Å². The smallest absolute Gasteiger partial charge is 0.228 e. The normalized spacial score (nSPS) is 12.5. The van der Waals surface area contributed by atoms with Crippen molar-refractivity contribution in [3.8, 4) is 0 Å². The van der Waals surface area contributed by atoms with Gasteiger partial charge in [0.2, 0.25) is 5.91 Å². The summed E-state index contributed by atoms with van der Waals surface area (Å²) in [5, 5.41) is 9.67. The van der Waals surface area contributed by atoms with Crippen molar-refractivity contribution in [2.75, 3.05) is 18.9 Å². The molecule has 0 aliphatic carbocycles. The van der Waals surface area contributed by atoms with Crippen LogP contribution in [-0.2, 0) is 4.79 Å². The predicted octanol–water partition coefficient (Wildman–Crippen LogP) is 1.54. The Labute approximate surface area is 82.2 Å². The van der Waals surface area contributed by atoms with Crippen LogP contribution < -0.4 is 10.6 Å². The van der Waals surface area contributed by atoms with Gasteiger partial charge in [-0.15, -0.1) is 0 Å². The molecule has 0 bridgehead atoms. The lowest BCUT2D eigenvalue weighted by atomic mass is 10.1.